The van der Waals surface area contributed by atoms with Gasteiger partial charge in [0.15, 0.2) is 0 Å². The zero-order valence-electron chi connectivity index (χ0n) is 6.55. The van der Waals surface area contributed by atoms with Gasteiger partial charge in [0, 0.05) is 17.2 Å². The molecule has 1 rings (SSSR count). The summed E-state index contributed by atoms with van der Waals surface area (Å²) in [5.74, 6) is 0.693. The molecule has 0 spiro atoms. The largest absolute Gasteiger partial charge is 0.396 e. The number of nitrogens with one attached hydrogen (secondary N) is 1. The van der Waals surface area contributed by atoms with Crippen LogP contribution in [0.2, 0.25) is 0 Å². The lowest BCUT2D eigenvalue weighted by atomic mass is 10.4. The van der Waals surface area contributed by atoms with Crippen molar-refractivity contribution in [1.82, 2.24) is 4.98 Å². The molecule has 0 aromatic carbocycles. The second-order valence-corrected chi connectivity index (χ2v) is 3.18. The van der Waals surface area contributed by atoms with Crippen molar-refractivity contribution < 1.29 is 0 Å². The van der Waals surface area contributed by atoms with Crippen LogP contribution in [0.3, 0.4) is 0 Å². The number of nitrogen functional groups attached to an aromatic ring is 1. The Kier molecular flexibility index (Phi) is 3.10. The van der Waals surface area contributed by atoms with Gasteiger partial charge in [0.05, 0.1) is 5.69 Å². The zero-order valence-corrected chi connectivity index (χ0v) is 8.13. The van der Waals surface area contributed by atoms with Crippen LogP contribution in [0.5, 0.6) is 0 Å². The monoisotopic (exact) mass is 227 g/mol. The number of pyridine rings is 1. The third-order valence-electron chi connectivity index (χ3n) is 1.30. The van der Waals surface area contributed by atoms with Crippen molar-refractivity contribution in [1.29, 1.82) is 0 Å². The normalized spacial score (nSPS) is 9.42. The van der Waals surface area contributed by atoms with E-state index in [0.29, 0.717) is 18.1 Å². The summed E-state index contributed by atoms with van der Waals surface area (Å²) in [5.41, 5.74) is 6.30. The zero-order chi connectivity index (χ0) is 8.97. The van der Waals surface area contributed by atoms with Gasteiger partial charge in [-0.25, -0.2) is 4.98 Å². The van der Waals surface area contributed by atoms with Crippen LogP contribution in [-0.2, 0) is 0 Å². The number of halogens is 1. The summed E-state index contributed by atoms with van der Waals surface area (Å²) in [7, 11) is 0. The van der Waals surface area contributed by atoms with E-state index in [-0.39, 0.29) is 0 Å². The fourth-order valence-electron chi connectivity index (χ4n) is 0.771. The molecular weight excluding hydrogens is 218 g/mol. The van der Waals surface area contributed by atoms with Crippen LogP contribution in [0.1, 0.15) is 0 Å². The molecule has 0 unspecified atom stereocenters. The van der Waals surface area contributed by atoms with Crippen molar-refractivity contribution >= 4 is 27.4 Å². The number of nitrogens with zero attached hydrogens (tertiary/aromatic N) is 1. The lowest BCUT2D eigenvalue weighted by Gasteiger charge is -2.05. The van der Waals surface area contributed by atoms with Gasteiger partial charge in [-0.2, -0.15) is 0 Å². The summed E-state index contributed by atoms with van der Waals surface area (Å²) in [6.45, 7) is 4.25. The summed E-state index contributed by atoms with van der Waals surface area (Å²) >= 11 is 3.27. The van der Waals surface area contributed by atoms with Crippen LogP contribution < -0.4 is 11.1 Å². The number of aromatic nitrogens is 1. The van der Waals surface area contributed by atoms with E-state index in [9.17, 15) is 0 Å². The highest BCUT2D eigenvalue weighted by Crippen LogP contribution is 2.19. The van der Waals surface area contributed by atoms with Crippen LogP contribution >= 0.6 is 15.9 Å². The average Bonchev–Trinajstić information content (AvgIpc) is 2.03. The lowest BCUT2D eigenvalue weighted by molar-refractivity contribution is 1.22. The Morgan fingerprint density at radius 3 is 3.08 bits per heavy atom. The van der Waals surface area contributed by atoms with Gasteiger partial charge in [-0.15, -0.1) is 6.58 Å². The van der Waals surface area contributed by atoms with E-state index in [0.717, 1.165) is 4.47 Å². The molecular formula is C8H10BrN3. The fraction of sp³-hybridized carbons (Fsp3) is 0.125. The van der Waals surface area contributed by atoms with E-state index in [2.05, 4.69) is 32.8 Å². The molecule has 64 valence electrons. The molecule has 3 nitrogen and oxygen atoms in total. The number of anilines is 2. The molecule has 0 saturated heterocycles. The topological polar surface area (TPSA) is 50.9 Å². The van der Waals surface area contributed by atoms with Gasteiger partial charge >= 0.3 is 0 Å². The van der Waals surface area contributed by atoms with Crippen LogP contribution in [0.25, 0.3) is 0 Å². The minimum absolute atomic E-state index is 0.631. The van der Waals surface area contributed by atoms with E-state index in [1.54, 1.807) is 18.3 Å². The van der Waals surface area contributed by atoms with Crippen molar-refractivity contribution in [2.45, 2.75) is 0 Å². The molecule has 0 atom stereocenters. The Morgan fingerprint density at radius 2 is 2.50 bits per heavy atom. The predicted molar refractivity (Wildman–Crippen MR) is 55.0 cm³/mol. The fourth-order valence-corrected chi connectivity index (χ4v) is 1.12. The number of hydrogen-bond acceptors (Lipinski definition) is 3. The van der Waals surface area contributed by atoms with Crippen molar-refractivity contribution in [3.63, 3.8) is 0 Å². The molecule has 0 aliphatic heterocycles. The van der Waals surface area contributed by atoms with Crippen LogP contribution in [0, 0.1) is 0 Å². The molecule has 0 aliphatic rings. The number of nitrogens with two attached hydrogens (primary N) is 1. The van der Waals surface area contributed by atoms with Crippen molar-refractivity contribution in [2.24, 2.45) is 0 Å². The average molecular weight is 228 g/mol. The molecule has 0 aliphatic carbocycles. The maximum Gasteiger partial charge on any atom is 0.149 e. The van der Waals surface area contributed by atoms with Crippen LogP contribution in [-0.4, -0.2) is 11.5 Å². The van der Waals surface area contributed by atoms with Crippen molar-refractivity contribution in [3.05, 3.63) is 29.4 Å². The molecule has 1 heterocycles. The standard InChI is InChI=1S/C8H10BrN3/c1-2-3-11-8-7(10)4-6(9)5-12-8/h2,4-5H,1,3,10H2,(H,11,12). The van der Waals surface area contributed by atoms with E-state index in [1.807, 2.05) is 0 Å². The Balaban J connectivity index is 2.78. The van der Waals surface area contributed by atoms with Gasteiger partial charge in [0.2, 0.25) is 0 Å². The van der Waals surface area contributed by atoms with Gasteiger partial charge < -0.3 is 11.1 Å². The van der Waals surface area contributed by atoms with E-state index in [4.69, 9.17) is 5.73 Å². The molecule has 0 radical (unpaired) electrons. The first-order valence-corrected chi connectivity index (χ1v) is 4.29. The van der Waals surface area contributed by atoms with E-state index >= 15 is 0 Å². The van der Waals surface area contributed by atoms with Gasteiger partial charge in [-0.1, -0.05) is 6.08 Å². The molecule has 1 aromatic rings. The first-order chi connectivity index (χ1) is 5.74. The Labute approximate surface area is 79.8 Å². The summed E-state index contributed by atoms with van der Waals surface area (Å²) < 4.78 is 0.879. The Hall–Kier alpha value is -1.03. The number of rotatable bonds is 3. The summed E-state index contributed by atoms with van der Waals surface area (Å²) in [5, 5.41) is 3.01. The minimum atomic E-state index is 0.631. The molecule has 0 bridgehead atoms. The van der Waals surface area contributed by atoms with Gasteiger partial charge in [0.25, 0.3) is 0 Å². The quantitative estimate of drug-likeness (QED) is 0.778. The first kappa shape index (κ1) is 9.06. The Morgan fingerprint density at radius 1 is 1.75 bits per heavy atom. The highest BCUT2D eigenvalue weighted by molar-refractivity contribution is 9.10. The second kappa shape index (κ2) is 4.11. The SMILES string of the molecule is C=CCNc1ncc(Br)cc1N. The number of hydrogen-bond donors (Lipinski definition) is 2. The smallest absolute Gasteiger partial charge is 0.149 e. The van der Waals surface area contributed by atoms with E-state index in [1.165, 1.54) is 0 Å². The lowest BCUT2D eigenvalue weighted by Crippen LogP contribution is -2.03. The molecule has 0 amide bonds. The second-order valence-electron chi connectivity index (χ2n) is 2.26. The third-order valence-corrected chi connectivity index (χ3v) is 1.73. The van der Waals surface area contributed by atoms with Gasteiger partial charge in [-0.05, 0) is 22.0 Å². The first-order valence-electron chi connectivity index (χ1n) is 3.50. The molecule has 4 heteroatoms. The molecule has 12 heavy (non-hydrogen) atoms. The highest BCUT2D eigenvalue weighted by Gasteiger charge is 1.98. The maximum atomic E-state index is 5.67. The highest BCUT2D eigenvalue weighted by atomic mass is 79.9. The maximum absolute atomic E-state index is 5.67. The summed E-state index contributed by atoms with van der Waals surface area (Å²) in [6, 6.07) is 1.80. The summed E-state index contributed by atoms with van der Waals surface area (Å²) in [6.07, 6.45) is 3.45. The van der Waals surface area contributed by atoms with Crippen molar-refractivity contribution in [2.75, 3.05) is 17.6 Å². The van der Waals surface area contributed by atoms with Crippen LogP contribution in [0.15, 0.2) is 29.4 Å². The Bertz CT molecular complexity index is 286. The third kappa shape index (κ3) is 2.23. The van der Waals surface area contributed by atoms with Gasteiger partial charge in [0.1, 0.15) is 5.82 Å². The summed E-state index contributed by atoms with van der Waals surface area (Å²) in [4.78, 5) is 4.08. The molecule has 0 fully saturated rings. The predicted octanol–water partition coefficient (Wildman–Crippen LogP) is 2.02. The van der Waals surface area contributed by atoms with Gasteiger partial charge in [-0.3, -0.25) is 0 Å². The van der Waals surface area contributed by atoms with Crippen LogP contribution in [0.4, 0.5) is 11.5 Å². The van der Waals surface area contributed by atoms with E-state index < -0.39 is 0 Å². The van der Waals surface area contributed by atoms with Crippen molar-refractivity contribution in [3.8, 4) is 0 Å². The molecule has 3 N–H and O–H groups in total. The molecule has 1 aromatic heterocycles. The minimum Gasteiger partial charge on any atom is -0.396 e. The molecule has 0 saturated carbocycles.